The van der Waals surface area contributed by atoms with Crippen LogP contribution in [-0.2, 0) is 9.53 Å². The van der Waals surface area contributed by atoms with Crippen molar-refractivity contribution in [2.75, 3.05) is 7.11 Å². The number of amides is 1. The molecule has 4 nitrogen and oxygen atoms in total. The average molecular weight is 289 g/mol. The van der Waals surface area contributed by atoms with E-state index in [0.29, 0.717) is 5.56 Å². The molecule has 1 amide bonds. The molecule has 0 saturated heterocycles. The van der Waals surface area contributed by atoms with Gasteiger partial charge in [0.1, 0.15) is 0 Å². The molecule has 0 bridgehead atoms. The Morgan fingerprint density at radius 2 is 2.00 bits per heavy atom. The van der Waals surface area contributed by atoms with Crippen LogP contribution in [-0.4, -0.2) is 19.0 Å². The first kappa shape index (κ1) is 14.3. The molecule has 0 radical (unpaired) electrons. The normalized spacial score (nSPS) is 11.7. The average Bonchev–Trinajstić information content (AvgIpc) is 3.01. The molecule has 20 heavy (non-hydrogen) atoms. The number of esters is 1. The molecule has 0 aliphatic heterocycles. The van der Waals surface area contributed by atoms with Crippen LogP contribution in [0, 0.1) is 0 Å². The van der Waals surface area contributed by atoms with Gasteiger partial charge in [-0.15, -0.1) is 0 Å². The molecule has 104 valence electrons. The van der Waals surface area contributed by atoms with Crippen molar-refractivity contribution >= 4 is 23.2 Å². The second-order valence-corrected chi connectivity index (χ2v) is 5.01. The Kier molecular flexibility index (Phi) is 4.90. The van der Waals surface area contributed by atoms with Crippen molar-refractivity contribution in [3.05, 3.63) is 58.3 Å². The summed E-state index contributed by atoms with van der Waals surface area (Å²) in [7, 11) is 1.34. The van der Waals surface area contributed by atoms with Crippen molar-refractivity contribution in [1.29, 1.82) is 0 Å². The molecule has 0 fully saturated rings. The summed E-state index contributed by atoms with van der Waals surface area (Å²) in [6, 6.07) is 10.7. The lowest BCUT2D eigenvalue weighted by atomic mass is 10.0. The van der Waals surface area contributed by atoms with Gasteiger partial charge in [-0.3, -0.25) is 9.59 Å². The van der Waals surface area contributed by atoms with Crippen molar-refractivity contribution in [2.24, 2.45) is 0 Å². The highest BCUT2D eigenvalue weighted by Crippen LogP contribution is 2.18. The molecule has 2 rings (SSSR count). The fraction of sp³-hybridized carbons (Fsp3) is 0.200. The quantitative estimate of drug-likeness (QED) is 0.861. The molecule has 0 aliphatic rings. The predicted molar refractivity (Wildman–Crippen MR) is 77.6 cm³/mol. The summed E-state index contributed by atoms with van der Waals surface area (Å²) in [6.07, 6.45) is 0.108. The number of carbonyl (C=O) groups excluding carboxylic acids is 2. The molecule has 0 saturated carbocycles. The number of benzene rings is 1. The third kappa shape index (κ3) is 3.68. The smallest absolute Gasteiger partial charge is 0.307 e. The van der Waals surface area contributed by atoms with Crippen LogP contribution in [0.2, 0.25) is 0 Å². The Labute approximate surface area is 121 Å². The van der Waals surface area contributed by atoms with Gasteiger partial charge >= 0.3 is 5.97 Å². The van der Waals surface area contributed by atoms with Crippen LogP contribution in [0.4, 0.5) is 0 Å². The van der Waals surface area contributed by atoms with E-state index in [1.54, 1.807) is 11.4 Å². The molecule has 0 spiro atoms. The summed E-state index contributed by atoms with van der Waals surface area (Å²) in [5, 5.41) is 6.48. The maximum atomic E-state index is 12.1. The van der Waals surface area contributed by atoms with Gasteiger partial charge in [-0.25, -0.2) is 0 Å². The first-order valence-electron chi connectivity index (χ1n) is 6.15. The number of hydrogen-bond donors (Lipinski definition) is 1. The summed E-state index contributed by atoms with van der Waals surface area (Å²) in [5.41, 5.74) is 1.47. The molecule has 0 unspecified atom stereocenters. The fourth-order valence-corrected chi connectivity index (χ4v) is 2.46. The van der Waals surface area contributed by atoms with Crippen LogP contribution in [0.3, 0.4) is 0 Å². The Morgan fingerprint density at radius 1 is 1.25 bits per heavy atom. The number of hydrogen-bond acceptors (Lipinski definition) is 4. The maximum absolute atomic E-state index is 12.1. The van der Waals surface area contributed by atoms with Crippen LogP contribution in [0.5, 0.6) is 0 Å². The molecule has 1 heterocycles. The third-order valence-electron chi connectivity index (χ3n) is 2.89. The SMILES string of the molecule is COC(=O)C[C@H](NC(=O)c1ccsc1)c1ccccc1. The van der Waals surface area contributed by atoms with Gasteiger partial charge in [-0.1, -0.05) is 30.3 Å². The molecule has 1 atom stereocenters. The highest BCUT2D eigenvalue weighted by molar-refractivity contribution is 7.08. The van der Waals surface area contributed by atoms with Crippen LogP contribution in [0.15, 0.2) is 47.2 Å². The van der Waals surface area contributed by atoms with Gasteiger partial charge in [0.05, 0.1) is 25.1 Å². The van der Waals surface area contributed by atoms with Crippen molar-refractivity contribution in [3.63, 3.8) is 0 Å². The van der Waals surface area contributed by atoms with Crippen molar-refractivity contribution < 1.29 is 14.3 Å². The summed E-state index contributed by atoms with van der Waals surface area (Å²) in [6.45, 7) is 0. The van der Waals surface area contributed by atoms with Gasteiger partial charge in [0.2, 0.25) is 0 Å². The second-order valence-electron chi connectivity index (χ2n) is 4.23. The zero-order valence-electron chi connectivity index (χ0n) is 11.0. The molecule has 0 aliphatic carbocycles. The van der Waals surface area contributed by atoms with Crippen LogP contribution in [0.25, 0.3) is 0 Å². The highest BCUT2D eigenvalue weighted by Gasteiger charge is 2.19. The molecule has 1 N–H and O–H groups in total. The molecule has 5 heteroatoms. The topological polar surface area (TPSA) is 55.4 Å². The van der Waals surface area contributed by atoms with E-state index in [-0.39, 0.29) is 18.3 Å². The Morgan fingerprint density at radius 3 is 2.60 bits per heavy atom. The minimum absolute atomic E-state index is 0.108. The summed E-state index contributed by atoms with van der Waals surface area (Å²) >= 11 is 1.46. The first-order valence-corrected chi connectivity index (χ1v) is 7.10. The number of ether oxygens (including phenoxy) is 1. The summed E-state index contributed by atoms with van der Waals surface area (Å²) < 4.78 is 4.69. The summed E-state index contributed by atoms with van der Waals surface area (Å²) in [4.78, 5) is 23.6. The summed E-state index contributed by atoms with van der Waals surface area (Å²) in [5.74, 6) is -0.548. The number of rotatable bonds is 5. The van der Waals surface area contributed by atoms with Crippen LogP contribution in [0.1, 0.15) is 28.4 Å². The van der Waals surface area contributed by atoms with Gasteiger partial charge in [0.25, 0.3) is 5.91 Å². The molecule has 1 aromatic carbocycles. The third-order valence-corrected chi connectivity index (χ3v) is 3.57. The van der Waals surface area contributed by atoms with Crippen LogP contribution >= 0.6 is 11.3 Å². The lowest BCUT2D eigenvalue weighted by Crippen LogP contribution is -2.30. The monoisotopic (exact) mass is 289 g/mol. The second kappa shape index (κ2) is 6.86. The minimum Gasteiger partial charge on any atom is -0.469 e. The van der Waals surface area contributed by atoms with Crippen molar-refractivity contribution in [1.82, 2.24) is 5.32 Å². The highest BCUT2D eigenvalue weighted by atomic mass is 32.1. The maximum Gasteiger partial charge on any atom is 0.307 e. The van der Waals surface area contributed by atoms with Gasteiger partial charge < -0.3 is 10.1 Å². The predicted octanol–water partition coefficient (Wildman–Crippen LogP) is 2.78. The Hall–Kier alpha value is -2.14. The first-order chi connectivity index (χ1) is 9.70. The largest absolute Gasteiger partial charge is 0.469 e. The number of methoxy groups -OCH3 is 1. The van der Waals surface area contributed by atoms with Crippen LogP contribution < -0.4 is 5.32 Å². The van der Waals surface area contributed by atoms with E-state index >= 15 is 0 Å². The number of thiophene rings is 1. The van der Waals surface area contributed by atoms with E-state index in [1.165, 1.54) is 18.4 Å². The van der Waals surface area contributed by atoms with E-state index in [4.69, 9.17) is 0 Å². The molecule has 2 aromatic rings. The van der Waals surface area contributed by atoms with Crippen molar-refractivity contribution in [2.45, 2.75) is 12.5 Å². The van der Waals surface area contributed by atoms with E-state index in [0.717, 1.165) is 5.56 Å². The van der Waals surface area contributed by atoms with Gasteiger partial charge in [0.15, 0.2) is 0 Å². The van der Waals surface area contributed by atoms with Gasteiger partial charge in [-0.05, 0) is 17.0 Å². The lowest BCUT2D eigenvalue weighted by molar-refractivity contribution is -0.141. The number of nitrogens with one attached hydrogen (secondary N) is 1. The van der Waals surface area contributed by atoms with E-state index in [9.17, 15) is 9.59 Å². The van der Waals surface area contributed by atoms with E-state index in [2.05, 4.69) is 10.1 Å². The zero-order chi connectivity index (χ0) is 14.4. The Bertz CT molecular complexity index is 566. The van der Waals surface area contributed by atoms with E-state index in [1.807, 2.05) is 35.7 Å². The molecular formula is C15H15NO3S. The fourth-order valence-electron chi connectivity index (χ4n) is 1.82. The zero-order valence-corrected chi connectivity index (χ0v) is 11.9. The van der Waals surface area contributed by atoms with Crippen molar-refractivity contribution in [3.8, 4) is 0 Å². The minimum atomic E-state index is -0.393. The number of carbonyl (C=O) groups is 2. The standard InChI is InChI=1S/C15H15NO3S/c1-19-14(17)9-13(11-5-3-2-4-6-11)16-15(18)12-7-8-20-10-12/h2-8,10,13H,9H2,1H3,(H,16,18)/t13-/m0/s1. The Balaban J connectivity index is 2.14. The molecule has 1 aromatic heterocycles. The van der Waals surface area contributed by atoms with Gasteiger partial charge in [0, 0.05) is 5.38 Å². The van der Waals surface area contributed by atoms with Gasteiger partial charge in [-0.2, -0.15) is 11.3 Å². The molecular weight excluding hydrogens is 274 g/mol. The lowest BCUT2D eigenvalue weighted by Gasteiger charge is -2.17. The van der Waals surface area contributed by atoms with E-state index < -0.39 is 6.04 Å².